The first-order valence-electron chi connectivity index (χ1n) is 9.68. The standard InChI is InChI=1S/C19H29N3O4/c1-22-12-16(17(21-22)14-5-3-2-4-6-14)18(23)20-11-15(19(24)25)13-7-9-26-10-8-13/h12-15H,2-11H2,1H3,(H,20,23)(H,24,25). The summed E-state index contributed by atoms with van der Waals surface area (Å²) in [6.07, 6.45) is 8.94. The summed E-state index contributed by atoms with van der Waals surface area (Å²) in [5.41, 5.74) is 1.46. The van der Waals surface area contributed by atoms with E-state index in [4.69, 9.17) is 4.74 Å². The van der Waals surface area contributed by atoms with E-state index < -0.39 is 11.9 Å². The summed E-state index contributed by atoms with van der Waals surface area (Å²) in [6, 6.07) is 0. The fourth-order valence-corrected chi connectivity index (χ4v) is 4.23. The third-order valence-corrected chi connectivity index (χ3v) is 5.73. The van der Waals surface area contributed by atoms with Gasteiger partial charge in [-0.2, -0.15) is 5.10 Å². The highest BCUT2D eigenvalue weighted by Crippen LogP contribution is 2.33. The summed E-state index contributed by atoms with van der Waals surface area (Å²) in [5.74, 6) is -1.25. The minimum Gasteiger partial charge on any atom is -0.481 e. The van der Waals surface area contributed by atoms with E-state index in [0.717, 1.165) is 31.4 Å². The van der Waals surface area contributed by atoms with E-state index in [1.165, 1.54) is 19.3 Å². The van der Waals surface area contributed by atoms with Crippen molar-refractivity contribution >= 4 is 11.9 Å². The number of aromatic nitrogens is 2. The molecule has 7 nitrogen and oxygen atoms in total. The van der Waals surface area contributed by atoms with Crippen LogP contribution in [0.15, 0.2) is 6.20 Å². The van der Waals surface area contributed by atoms with Gasteiger partial charge >= 0.3 is 5.97 Å². The summed E-state index contributed by atoms with van der Waals surface area (Å²) in [5, 5.41) is 16.9. The fourth-order valence-electron chi connectivity index (χ4n) is 4.23. The highest BCUT2D eigenvalue weighted by Gasteiger charge is 2.31. The van der Waals surface area contributed by atoms with Crippen molar-refractivity contribution in [1.82, 2.24) is 15.1 Å². The molecule has 0 radical (unpaired) electrons. The molecule has 1 aromatic rings. The molecule has 1 saturated carbocycles. The van der Waals surface area contributed by atoms with E-state index in [1.807, 2.05) is 7.05 Å². The Hall–Kier alpha value is -1.89. The zero-order chi connectivity index (χ0) is 18.5. The Morgan fingerprint density at radius 3 is 2.62 bits per heavy atom. The quantitative estimate of drug-likeness (QED) is 0.809. The monoisotopic (exact) mass is 363 g/mol. The number of nitrogens with one attached hydrogen (secondary N) is 1. The van der Waals surface area contributed by atoms with Crippen LogP contribution in [0.25, 0.3) is 0 Å². The Morgan fingerprint density at radius 1 is 1.27 bits per heavy atom. The van der Waals surface area contributed by atoms with Crippen LogP contribution in [0.5, 0.6) is 0 Å². The lowest BCUT2D eigenvalue weighted by Gasteiger charge is -2.27. The van der Waals surface area contributed by atoms with Crippen LogP contribution in [0.4, 0.5) is 0 Å². The molecule has 7 heteroatoms. The molecule has 3 rings (SSSR count). The molecular formula is C19H29N3O4. The van der Waals surface area contributed by atoms with Crippen LogP contribution >= 0.6 is 0 Å². The number of hydrogen-bond acceptors (Lipinski definition) is 4. The molecular weight excluding hydrogens is 334 g/mol. The Kier molecular flexibility index (Phi) is 6.29. The van der Waals surface area contributed by atoms with Crippen molar-refractivity contribution in [2.45, 2.75) is 50.9 Å². The van der Waals surface area contributed by atoms with Crippen LogP contribution in [0.2, 0.25) is 0 Å². The normalized spacial score (nSPS) is 20.7. The number of amides is 1. The van der Waals surface area contributed by atoms with Gasteiger partial charge in [0.2, 0.25) is 0 Å². The van der Waals surface area contributed by atoms with Crippen LogP contribution in [0.1, 0.15) is 66.9 Å². The van der Waals surface area contributed by atoms with Crippen LogP contribution in [-0.2, 0) is 16.6 Å². The molecule has 2 aliphatic rings. The topological polar surface area (TPSA) is 93.5 Å². The fraction of sp³-hybridized carbons (Fsp3) is 0.737. The second-order valence-electron chi connectivity index (χ2n) is 7.54. The van der Waals surface area contributed by atoms with Crippen molar-refractivity contribution in [2.24, 2.45) is 18.9 Å². The molecule has 2 fully saturated rings. The van der Waals surface area contributed by atoms with Gasteiger partial charge in [0.15, 0.2) is 0 Å². The first kappa shape index (κ1) is 18.9. The maximum Gasteiger partial charge on any atom is 0.308 e. The molecule has 26 heavy (non-hydrogen) atoms. The molecule has 1 saturated heterocycles. The first-order chi connectivity index (χ1) is 12.6. The molecule has 0 aromatic carbocycles. The van der Waals surface area contributed by atoms with Gasteiger partial charge in [-0.1, -0.05) is 19.3 Å². The van der Waals surface area contributed by atoms with Gasteiger partial charge in [-0.3, -0.25) is 14.3 Å². The third kappa shape index (κ3) is 4.44. The van der Waals surface area contributed by atoms with Gasteiger partial charge in [0.25, 0.3) is 5.91 Å². The highest BCUT2D eigenvalue weighted by atomic mass is 16.5. The molecule has 2 N–H and O–H groups in total. The van der Waals surface area contributed by atoms with Crippen molar-refractivity contribution in [3.05, 3.63) is 17.5 Å². The van der Waals surface area contributed by atoms with Gasteiger partial charge < -0.3 is 15.2 Å². The third-order valence-electron chi connectivity index (χ3n) is 5.73. The number of rotatable bonds is 6. The number of nitrogens with zero attached hydrogens (tertiary/aromatic N) is 2. The molecule has 1 amide bonds. The van der Waals surface area contributed by atoms with Gasteiger partial charge in [-0.15, -0.1) is 0 Å². The maximum absolute atomic E-state index is 12.7. The Labute approximate surface area is 154 Å². The smallest absolute Gasteiger partial charge is 0.308 e. The van der Waals surface area contributed by atoms with Gasteiger partial charge in [0.05, 0.1) is 17.2 Å². The number of carboxylic acids is 1. The Morgan fingerprint density at radius 2 is 1.96 bits per heavy atom. The minimum absolute atomic E-state index is 0.0493. The molecule has 2 heterocycles. The Balaban J connectivity index is 1.66. The highest BCUT2D eigenvalue weighted by molar-refractivity contribution is 5.95. The SMILES string of the molecule is Cn1cc(C(=O)NCC(C(=O)O)C2CCOCC2)c(C2CCCCC2)n1. The van der Waals surface area contributed by atoms with Crippen LogP contribution in [0.3, 0.4) is 0 Å². The van der Waals surface area contributed by atoms with Gasteiger partial charge in [-0.25, -0.2) is 0 Å². The molecule has 1 unspecified atom stereocenters. The summed E-state index contributed by atoms with van der Waals surface area (Å²) in [6.45, 7) is 1.34. The first-order valence-corrected chi connectivity index (χ1v) is 9.68. The minimum atomic E-state index is -0.851. The lowest BCUT2D eigenvalue weighted by molar-refractivity contribution is -0.144. The lowest BCUT2D eigenvalue weighted by Crippen LogP contribution is -2.39. The van der Waals surface area contributed by atoms with Gasteiger partial charge in [0.1, 0.15) is 0 Å². The average Bonchev–Trinajstić information content (AvgIpc) is 3.05. The van der Waals surface area contributed by atoms with E-state index >= 15 is 0 Å². The van der Waals surface area contributed by atoms with E-state index in [2.05, 4.69) is 10.4 Å². The van der Waals surface area contributed by atoms with Gasteiger partial charge in [-0.05, 0) is 31.6 Å². The van der Waals surface area contributed by atoms with Crippen LogP contribution in [0, 0.1) is 11.8 Å². The van der Waals surface area contributed by atoms with E-state index in [-0.39, 0.29) is 18.4 Å². The summed E-state index contributed by atoms with van der Waals surface area (Å²) < 4.78 is 7.01. The number of hydrogen-bond donors (Lipinski definition) is 2. The van der Waals surface area contributed by atoms with Crippen molar-refractivity contribution in [2.75, 3.05) is 19.8 Å². The molecule has 1 aromatic heterocycles. The summed E-state index contributed by atoms with van der Waals surface area (Å²) in [4.78, 5) is 24.4. The second-order valence-corrected chi connectivity index (χ2v) is 7.54. The molecule has 1 aliphatic heterocycles. The van der Waals surface area contributed by atoms with E-state index in [0.29, 0.717) is 24.7 Å². The largest absolute Gasteiger partial charge is 0.481 e. The zero-order valence-corrected chi connectivity index (χ0v) is 15.4. The Bertz CT molecular complexity index is 631. The molecule has 1 atom stereocenters. The van der Waals surface area contributed by atoms with Crippen LogP contribution in [-0.4, -0.2) is 46.5 Å². The zero-order valence-electron chi connectivity index (χ0n) is 15.4. The number of ether oxygens (including phenoxy) is 1. The molecule has 0 spiro atoms. The van der Waals surface area contributed by atoms with E-state index in [9.17, 15) is 14.7 Å². The van der Waals surface area contributed by atoms with Crippen LogP contribution < -0.4 is 5.32 Å². The number of aliphatic carboxylic acids is 1. The molecule has 0 bridgehead atoms. The summed E-state index contributed by atoms with van der Waals surface area (Å²) in [7, 11) is 1.82. The number of carbonyl (C=O) groups excluding carboxylic acids is 1. The van der Waals surface area contributed by atoms with Crippen molar-refractivity contribution in [3.63, 3.8) is 0 Å². The van der Waals surface area contributed by atoms with Crippen molar-refractivity contribution < 1.29 is 19.4 Å². The second kappa shape index (κ2) is 8.66. The van der Waals surface area contributed by atoms with Crippen molar-refractivity contribution in [1.29, 1.82) is 0 Å². The number of carboxylic acid groups (broad SMARTS) is 1. The number of aryl methyl sites for hydroxylation is 1. The van der Waals surface area contributed by atoms with E-state index in [1.54, 1.807) is 10.9 Å². The summed E-state index contributed by atoms with van der Waals surface area (Å²) >= 11 is 0. The maximum atomic E-state index is 12.7. The number of carbonyl (C=O) groups is 2. The predicted octanol–water partition coefficient (Wildman–Crippen LogP) is 2.32. The van der Waals surface area contributed by atoms with Gasteiger partial charge in [0, 0.05) is 38.9 Å². The molecule has 1 aliphatic carbocycles. The lowest BCUT2D eigenvalue weighted by atomic mass is 9.85. The molecule has 144 valence electrons. The van der Waals surface area contributed by atoms with Crippen molar-refractivity contribution in [3.8, 4) is 0 Å². The average molecular weight is 363 g/mol. The predicted molar refractivity (Wildman–Crippen MR) is 96.0 cm³/mol.